The monoisotopic (exact) mass is 394 g/mol. The lowest BCUT2D eigenvalue weighted by molar-refractivity contribution is -0.139. The number of esters is 2. The number of carbonyl (C=O) groups is 2. The average Bonchev–Trinajstić information content (AvgIpc) is 2.66. The van der Waals surface area contributed by atoms with Gasteiger partial charge in [-0.2, -0.15) is 0 Å². The summed E-state index contributed by atoms with van der Waals surface area (Å²) in [5.74, 6) is -0.548. The summed E-state index contributed by atoms with van der Waals surface area (Å²) in [6, 6.07) is 0. The van der Waals surface area contributed by atoms with Gasteiger partial charge in [0, 0.05) is 11.1 Å². The first-order chi connectivity index (χ1) is 13.4. The molecule has 0 unspecified atom stereocenters. The zero-order chi connectivity index (χ0) is 21.0. The first-order valence-corrected chi connectivity index (χ1v) is 11.1. The molecule has 0 spiro atoms. The molecule has 0 radical (unpaired) electrons. The molecule has 0 aromatic carbocycles. The SMILES string of the molecule is C=C(C)C(=O)OCCCCCCCCCCCCCCCCOC(=O)C(=C)C. The van der Waals surface area contributed by atoms with E-state index in [9.17, 15) is 9.59 Å². The molecular weight excluding hydrogens is 352 g/mol. The summed E-state index contributed by atoms with van der Waals surface area (Å²) in [5, 5.41) is 0. The minimum Gasteiger partial charge on any atom is -0.462 e. The molecule has 4 heteroatoms. The van der Waals surface area contributed by atoms with Crippen LogP contribution in [0.25, 0.3) is 0 Å². The van der Waals surface area contributed by atoms with E-state index in [4.69, 9.17) is 9.47 Å². The highest BCUT2D eigenvalue weighted by molar-refractivity contribution is 5.87. The molecule has 0 heterocycles. The summed E-state index contributed by atoms with van der Waals surface area (Å²) in [6.45, 7) is 11.5. The highest BCUT2D eigenvalue weighted by Crippen LogP contribution is 2.13. The van der Waals surface area contributed by atoms with Gasteiger partial charge in [-0.25, -0.2) is 9.59 Å². The lowest BCUT2D eigenvalue weighted by atomic mass is 10.0. The lowest BCUT2D eigenvalue weighted by Crippen LogP contribution is -2.05. The normalized spacial score (nSPS) is 10.5. The van der Waals surface area contributed by atoms with Crippen molar-refractivity contribution in [2.24, 2.45) is 0 Å². The topological polar surface area (TPSA) is 52.6 Å². The molecule has 0 aromatic rings. The molecule has 0 N–H and O–H groups in total. The second-order valence-electron chi connectivity index (χ2n) is 7.78. The van der Waals surface area contributed by atoms with Crippen LogP contribution >= 0.6 is 0 Å². The quantitative estimate of drug-likeness (QED) is 0.139. The minimum atomic E-state index is -0.274. The molecule has 0 aliphatic rings. The maximum absolute atomic E-state index is 11.2. The van der Waals surface area contributed by atoms with Crippen LogP contribution in [-0.4, -0.2) is 25.2 Å². The van der Waals surface area contributed by atoms with E-state index in [2.05, 4.69) is 13.2 Å². The molecule has 0 aliphatic carbocycles. The van der Waals surface area contributed by atoms with Crippen LogP contribution in [0.2, 0.25) is 0 Å². The van der Waals surface area contributed by atoms with Gasteiger partial charge >= 0.3 is 11.9 Å². The molecule has 0 fully saturated rings. The largest absolute Gasteiger partial charge is 0.462 e. The zero-order valence-corrected chi connectivity index (χ0v) is 18.4. The van der Waals surface area contributed by atoms with E-state index in [-0.39, 0.29) is 11.9 Å². The van der Waals surface area contributed by atoms with Crippen molar-refractivity contribution in [3.63, 3.8) is 0 Å². The summed E-state index contributed by atoms with van der Waals surface area (Å²) in [4.78, 5) is 22.4. The summed E-state index contributed by atoms with van der Waals surface area (Å²) >= 11 is 0. The summed E-state index contributed by atoms with van der Waals surface area (Å²) < 4.78 is 10.2. The predicted molar refractivity (Wildman–Crippen MR) is 116 cm³/mol. The van der Waals surface area contributed by atoms with Gasteiger partial charge in [0.15, 0.2) is 0 Å². The standard InChI is InChI=1S/C24H42O4/c1-21(2)23(25)27-19-17-15-13-11-9-7-5-6-8-10-12-14-16-18-20-28-24(26)22(3)4/h1,3,5-20H2,2,4H3. The number of unbranched alkanes of at least 4 members (excludes halogenated alkanes) is 13. The van der Waals surface area contributed by atoms with Crippen LogP contribution in [0.4, 0.5) is 0 Å². The van der Waals surface area contributed by atoms with Gasteiger partial charge in [0.1, 0.15) is 0 Å². The van der Waals surface area contributed by atoms with Crippen molar-refractivity contribution in [1.29, 1.82) is 0 Å². The summed E-state index contributed by atoms with van der Waals surface area (Å²) in [5.41, 5.74) is 0.947. The molecule has 0 saturated heterocycles. The van der Waals surface area contributed by atoms with Crippen LogP contribution in [0.15, 0.2) is 24.3 Å². The van der Waals surface area contributed by atoms with Crippen molar-refractivity contribution in [2.75, 3.05) is 13.2 Å². The zero-order valence-electron chi connectivity index (χ0n) is 18.4. The van der Waals surface area contributed by atoms with Crippen LogP contribution in [0.5, 0.6) is 0 Å². The van der Waals surface area contributed by atoms with Gasteiger partial charge in [0.25, 0.3) is 0 Å². The van der Waals surface area contributed by atoms with Gasteiger partial charge in [-0.05, 0) is 26.7 Å². The van der Waals surface area contributed by atoms with Crippen molar-refractivity contribution >= 4 is 11.9 Å². The van der Waals surface area contributed by atoms with Gasteiger partial charge in [0.2, 0.25) is 0 Å². The maximum atomic E-state index is 11.2. The Morgan fingerprint density at radius 3 is 0.929 bits per heavy atom. The highest BCUT2D eigenvalue weighted by Gasteiger charge is 2.02. The first kappa shape index (κ1) is 26.4. The summed E-state index contributed by atoms with van der Waals surface area (Å²) in [7, 11) is 0. The molecule has 4 nitrogen and oxygen atoms in total. The van der Waals surface area contributed by atoms with Crippen molar-refractivity contribution < 1.29 is 19.1 Å². The van der Waals surface area contributed by atoms with E-state index >= 15 is 0 Å². The lowest BCUT2D eigenvalue weighted by Gasteiger charge is -2.05. The molecule has 0 rings (SSSR count). The Morgan fingerprint density at radius 1 is 0.500 bits per heavy atom. The number of carbonyl (C=O) groups excluding carboxylic acids is 2. The van der Waals surface area contributed by atoms with Crippen LogP contribution in [0.1, 0.15) is 104 Å². The fourth-order valence-electron chi connectivity index (χ4n) is 2.90. The molecule has 28 heavy (non-hydrogen) atoms. The highest BCUT2D eigenvalue weighted by atomic mass is 16.5. The number of ether oxygens (including phenoxy) is 2. The fourth-order valence-corrected chi connectivity index (χ4v) is 2.90. The van der Waals surface area contributed by atoms with Crippen molar-refractivity contribution in [1.82, 2.24) is 0 Å². The Balaban J connectivity index is 3.14. The fraction of sp³-hybridized carbons (Fsp3) is 0.750. The van der Waals surface area contributed by atoms with Crippen molar-refractivity contribution in [3.05, 3.63) is 24.3 Å². The Bertz CT molecular complexity index is 412. The third kappa shape index (κ3) is 17.8. The number of rotatable bonds is 19. The molecule has 0 aromatic heterocycles. The van der Waals surface area contributed by atoms with Crippen LogP contribution < -0.4 is 0 Å². The van der Waals surface area contributed by atoms with E-state index in [1.165, 1.54) is 64.2 Å². The Hall–Kier alpha value is -1.58. The third-order valence-electron chi connectivity index (χ3n) is 4.70. The third-order valence-corrected chi connectivity index (χ3v) is 4.70. The summed E-state index contributed by atoms with van der Waals surface area (Å²) in [6.07, 6.45) is 17.2. The molecule has 0 amide bonds. The van der Waals surface area contributed by atoms with Gasteiger partial charge in [-0.3, -0.25) is 0 Å². The van der Waals surface area contributed by atoms with Gasteiger partial charge in [0.05, 0.1) is 13.2 Å². The van der Waals surface area contributed by atoms with Crippen molar-refractivity contribution in [3.8, 4) is 0 Å². The van der Waals surface area contributed by atoms with Crippen molar-refractivity contribution in [2.45, 2.75) is 104 Å². The number of hydrogen-bond donors (Lipinski definition) is 0. The predicted octanol–water partition coefficient (Wildman–Crippen LogP) is 6.69. The van der Waals surface area contributed by atoms with Crippen LogP contribution in [0.3, 0.4) is 0 Å². The Labute approximate surface area is 172 Å². The van der Waals surface area contributed by atoms with E-state index in [1.807, 2.05) is 0 Å². The first-order valence-electron chi connectivity index (χ1n) is 11.1. The van der Waals surface area contributed by atoms with Crippen LogP contribution in [0, 0.1) is 0 Å². The number of hydrogen-bond acceptors (Lipinski definition) is 4. The molecule has 0 aliphatic heterocycles. The molecule has 0 bridgehead atoms. The molecule has 0 saturated carbocycles. The smallest absolute Gasteiger partial charge is 0.333 e. The van der Waals surface area contributed by atoms with E-state index < -0.39 is 0 Å². The van der Waals surface area contributed by atoms with Gasteiger partial charge in [-0.1, -0.05) is 90.2 Å². The van der Waals surface area contributed by atoms with Crippen LogP contribution in [-0.2, 0) is 19.1 Å². The average molecular weight is 395 g/mol. The Morgan fingerprint density at radius 2 is 0.714 bits per heavy atom. The maximum Gasteiger partial charge on any atom is 0.333 e. The molecule has 162 valence electrons. The van der Waals surface area contributed by atoms with E-state index in [0.29, 0.717) is 24.4 Å². The van der Waals surface area contributed by atoms with E-state index in [0.717, 1.165) is 25.7 Å². The second-order valence-corrected chi connectivity index (χ2v) is 7.78. The van der Waals surface area contributed by atoms with Gasteiger partial charge < -0.3 is 9.47 Å². The molecule has 0 atom stereocenters. The second kappa shape index (κ2) is 18.8. The van der Waals surface area contributed by atoms with Gasteiger partial charge in [-0.15, -0.1) is 0 Å². The Kier molecular flexibility index (Phi) is 17.7. The molecular formula is C24H42O4. The van der Waals surface area contributed by atoms with E-state index in [1.54, 1.807) is 13.8 Å². The minimum absolute atomic E-state index is 0.274.